The molecular formula is C19H19N3O3. The molecule has 6 nitrogen and oxygen atoms in total. The number of hydrogen-bond acceptors (Lipinski definition) is 4. The molecule has 6 heteroatoms. The number of ether oxygens (including phenoxy) is 1. The Morgan fingerprint density at radius 3 is 2.84 bits per heavy atom. The minimum atomic E-state index is -0.427. The first-order valence-corrected chi connectivity index (χ1v) is 7.98. The van der Waals surface area contributed by atoms with E-state index in [2.05, 4.69) is 10.3 Å². The van der Waals surface area contributed by atoms with Crippen LogP contribution in [0.3, 0.4) is 0 Å². The summed E-state index contributed by atoms with van der Waals surface area (Å²) < 4.78 is 6.68. The van der Waals surface area contributed by atoms with Crippen molar-refractivity contribution in [2.75, 3.05) is 13.7 Å². The van der Waals surface area contributed by atoms with Gasteiger partial charge in [0.1, 0.15) is 17.0 Å². The van der Waals surface area contributed by atoms with Crippen LogP contribution in [0.4, 0.5) is 0 Å². The van der Waals surface area contributed by atoms with Crippen molar-refractivity contribution < 1.29 is 9.53 Å². The normalized spacial score (nSPS) is 10.6. The van der Waals surface area contributed by atoms with Crippen LogP contribution in [-0.4, -0.2) is 28.9 Å². The van der Waals surface area contributed by atoms with Crippen molar-refractivity contribution in [1.29, 1.82) is 0 Å². The number of nitrogens with one attached hydrogen (secondary N) is 1. The first kappa shape index (κ1) is 16.7. The van der Waals surface area contributed by atoms with Crippen LogP contribution in [0.2, 0.25) is 0 Å². The van der Waals surface area contributed by atoms with Crippen molar-refractivity contribution >= 4 is 11.6 Å². The Bertz CT molecular complexity index is 979. The summed E-state index contributed by atoms with van der Waals surface area (Å²) >= 11 is 0. The van der Waals surface area contributed by atoms with Gasteiger partial charge in [-0.3, -0.25) is 14.0 Å². The van der Waals surface area contributed by atoms with E-state index in [1.165, 1.54) is 10.6 Å². The van der Waals surface area contributed by atoms with Crippen LogP contribution >= 0.6 is 0 Å². The maximum atomic E-state index is 12.5. The minimum absolute atomic E-state index is 0.0307. The minimum Gasteiger partial charge on any atom is -0.496 e. The third-order valence-corrected chi connectivity index (χ3v) is 3.97. The molecule has 2 aromatic heterocycles. The highest BCUT2D eigenvalue weighted by Crippen LogP contribution is 2.17. The van der Waals surface area contributed by atoms with Gasteiger partial charge in [0.05, 0.1) is 7.11 Å². The maximum Gasteiger partial charge on any atom is 0.270 e. The molecule has 0 aliphatic carbocycles. The molecular weight excluding hydrogens is 318 g/mol. The Morgan fingerprint density at radius 1 is 1.24 bits per heavy atom. The van der Waals surface area contributed by atoms with Gasteiger partial charge in [0.2, 0.25) is 0 Å². The third-order valence-electron chi connectivity index (χ3n) is 3.97. The van der Waals surface area contributed by atoms with E-state index in [0.29, 0.717) is 18.6 Å². The Balaban J connectivity index is 1.74. The van der Waals surface area contributed by atoms with E-state index < -0.39 is 5.91 Å². The zero-order valence-electron chi connectivity index (χ0n) is 14.2. The highest BCUT2D eigenvalue weighted by molar-refractivity contribution is 5.93. The Kier molecular flexibility index (Phi) is 4.79. The van der Waals surface area contributed by atoms with Crippen molar-refractivity contribution in [3.63, 3.8) is 0 Å². The second-order valence-corrected chi connectivity index (χ2v) is 5.73. The van der Waals surface area contributed by atoms with E-state index in [1.807, 2.05) is 37.3 Å². The van der Waals surface area contributed by atoms with E-state index in [0.717, 1.165) is 16.9 Å². The molecule has 0 atom stereocenters. The van der Waals surface area contributed by atoms with Gasteiger partial charge in [0, 0.05) is 18.9 Å². The van der Waals surface area contributed by atoms with Gasteiger partial charge in [-0.05, 0) is 36.6 Å². The summed E-state index contributed by atoms with van der Waals surface area (Å²) in [5.41, 5.74) is 2.09. The maximum absolute atomic E-state index is 12.5. The lowest BCUT2D eigenvalue weighted by atomic mass is 10.1. The molecule has 0 radical (unpaired) electrons. The summed E-state index contributed by atoms with van der Waals surface area (Å²) in [4.78, 5) is 29.0. The number of aromatic nitrogens is 2. The van der Waals surface area contributed by atoms with Crippen molar-refractivity contribution in [2.45, 2.75) is 13.3 Å². The van der Waals surface area contributed by atoms with E-state index in [9.17, 15) is 9.59 Å². The lowest BCUT2D eigenvalue weighted by molar-refractivity contribution is 0.0952. The number of aryl methyl sites for hydroxylation is 1. The first-order valence-electron chi connectivity index (χ1n) is 7.98. The number of nitrogens with zero attached hydrogens (tertiary/aromatic N) is 2. The fraction of sp³-hybridized carbons (Fsp3) is 0.211. The smallest absolute Gasteiger partial charge is 0.270 e. The first-order chi connectivity index (χ1) is 12.1. The predicted octanol–water partition coefficient (Wildman–Crippen LogP) is 1.98. The number of amides is 1. The van der Waals surface area contributed by atoms with Gasteiger partial charge in [0.25, 0.3) is 11.5 Å². The molecule has 0 spiro atoms. The van der Waals surface area contributed by atoms with E-state index >= 15 is 0 Å². The molecule has 0 saturated carbocycles. The largest absolute Gasteiger partial charge is 0.496 e. The summed E-state index contributed by atoms with van der Waals surface area (Å²) in [6.07, 6.45) is 3.61. The van der Waals surface area contributed by atoms with Gasteiger partial charge < -0.3 is 10.1 Å². The van der Waals surface area contributed by atoms with Gasteiger partial charge in [-0.25, -0.2) is 4.98 Å². The Labute approximate surface area is 145 Å². The highest BCUT2D eigenvalue weighted by atomic mass is 16.5. The zero-order valence-corrected chi connectivity index (χ0v) is 14.2. The molecule has 3 rings (SSSR count). The number of pyridine rings is 1. The molecule has 0 bridgehead atoms. The lowest BCUT2D eigenvalue weighted by Crippen LogP contribution is -2.32. The van der Waals surface area contributed by atoms with Gasteiger partial charge in [-0.1, -0.05) is 24.3 Å². The SMILES string of the molecule is COc1ccccc1CCNC(=O)c1cnc2ccc(C)cn2c1=O. The number of carbonyl (C=O) groups excluding carboxylic acids is 1. The van der Waals surface area contributed by atoms with Crippen LogP contribution < -0.4 is 15.6 Å². The van der Waals surface area contributed by atoms with E-state index in [-0.39, 0.29) is 11.1 Å². The zero-order chi connectivity index (χ0) is 17.8. The average Bonchev–Trinajstić information content (AvgIpc) is 2.62. The molecule has 1 aromatic carbocycles. The average molecular weight is 337 g/mol. The molecule has 0 aliphatic rings. The number of hydrogen-bond donors (Lipinski definition) is 1. The van der Waals surface area contributed by atoms with Crippen molar-refractivity contribution in [3.05, 3.63) is 75.8 Å². The molecule has 0 unspecified atom stereocenters. The molecule has 128 valence electrons. The number of rotatable bonds is 5. The van der Waals surface area contributed by atoms with Crippen LogP contribution in [0.5, 0.6) is 5.75 Å². The molecule has 1 amide bonds. The van der Waals surface area contributed by atoms with Crippen LogP contribution in [-0.2, 0) is 6.42 Å². The summed E-state index contributed by atoms with van der Waals surface area (Å²) in [6.45, 7) is 2.28. The summed E-state index contributed by atoms with van der Waals surface area (Å²) in [5, 5.41) is 2.77. The molecule has 25 heavy (non-hydrogen) atoms. The number of fused-ring (bicyclic) bond motifs is 1. The van der Waals surface area contributed by atoms with E-state index in [1.54, 1.807) is 19.4 Å². The highest BCUT2D eigenvalue weighted by Gasteiger charge is 2.13. The monoisotopic (exact) mass is 337 g/mol. The number of para-hydroxylation sites is 1. The van der Waals surface area contributed by atoms with Crippen LogP contribution in [0.15, 0.2) is 53.6 Å². The lowest BCUT2D eigenvalue weighted by Gasteiger charge is -2.09. The third kappa shape index (κ3) is 3.52. The van der Waals surface area contributed by atoms with Gasteiger partial charge in [-0.2, -0.15) is 0 Å². The molecule has 2 heterocycles. The molecule has 0 fully saturated rings. The summed E-state index contributed by atoms with van der Waals surface area (Å²) in [7, 11) is 1.61. The number of carbonyl (C=O) groups is 1. The van der Waals surface area contributed by atoms with Crippen molar-refractivity contribution in [1.82, 2.24) is 14.7 Å². The van der Waals surface area contributed by atoms with Gasteiger partial charge >= 0.3 is 0 Å². The van der Waals surface area contributed by atoms with Gasteiger partial charge in [0.15, 0.2) is 0 Å². The Hall–Kier alpha value is -3.15. The summed E-state index contributed by atoms with van der Waals surface area (Å²) in [6, 6.07) is 11.3. The molecule has 0 saturated heterocycles. The quantitative estimate of drug-likeness (QED) is 0.773. The number of benzene rings is 1. The topological polar surface area (TPSA) is 72.7 Å². The summed E-state index contributed by atoms with van der Waals surface area (Å²) in [5.74, 6) is 0.350. The number of methoxy groups -OCH3 is 1. The van der Waals surface area contributed by atoms with Crippen LogP contribution in [0.1, 0.15) is 21.5 Å². The van der Waals surface area contributed by atoms with Crippen LogP contribution in [0, 0.1) is 6.92 Å². The fourth-order valence-electron chi connectivity index (χ4n) is 2.65. The second kappa shape index (κ2) is 7.17. The fourth-order valence-corrected chi connectivity index (χ4v) is 2.65. The van der Waals surface area contributed by atoms with Crippen LogP contribution in [0.25, 0.3) is 5.65 Å². The van der Waals surface area contributed by atoms with Crippen molar-refractivity contribution in [2.24, 2.45) is 0 Å². The molecule has 0 aliphatic heterocycles. The van der Waals surface area contributed by atoms with Crippen molar-refractivity contribution in [3.8, 4) is 5.75 Å². The predicted molar refractivity (Wildman–Crippen MR) is 95.2 cm³/mol. The van der Waals surface area contributed by atoms with Gasteiger partial charge in [-0.15, -0.1) is 0 Å². The standard InChI is InChI=1S/C19H19N3O3/c1-13-7-8-17-21-11-15(19(24)22(17)12-13)18(23)20-10-9-14-5-3-4-6-16(14)25-2/h3-8,11-12H,9-10H2,1-2H3,(H,20,23). The molecule has 3 aromatic rings. The Morgan fingerprint density at radius 2 is 2.04 bits per heavy atom. The molecule has 1 N–H and O–H groups in total. The second-order valence-electron chi connectivity index (χ2n) is 5.73. The van der Waals surface area contributed by atoms with E-state index in [4.69, 9.17) is 4.74 Å².